The van der Waals surface area contributed by atoms with Crippen LogP contribution in [-0.4, -0.2) is 31.7 Å². The summed E-state index contributed by atoms with van der Waals surface area (Å²) in [6.07, 6.45) is 0.349. The van der Waals surface area contributed by atoms with E-state index in [1.807, 2.05) is 5.43 Å². The SMILES string of the molecule is O=C(C[C@H]1CCS(=O)(=O)C1)NNC(=O)c1ccc(F)cc1F. The maximum atomic E-state index is 13.4. The number of carbonyl (C=O) groups excluding carboxylic acids is 2. The Kier molecular flexibility index (Phi) is 4.74. The lowest BCUT2D eigenvalue weighted by Gasteiger charge is -2.10. The van der Waals surface area contributed by atoms with Gasteiger partial charge in [-0.05, 0) is 24.5 Å². The van der Waals surface area contributed by atoms with Gasteiger partial charge >= 0.3 is 0 Å². The molecule has 1 saturated heterocycles. The van der Waals surface area contributed by atoms with Crippen molar-refractivity contribution in [3.05, 3.63) is 35.4 Å². The summed E-state index contributed by atoms with van der Waals surface area (Å²) in [5, 5.41) is 0. The van der Waals surface area contributed by atoms with Crippen molar-refractivity contribution >= 4 is 21.7 Å². The van der Waals surface area contributed by atoms with Gasteiger partial charge in [-0.1, -0.05) is 0 Å². The Bertz CT molecular complexity index is 706. The van der Waals surface area contributed by atoms with Crippen molar-refractivity contribution in [2.75, 3.05) is 11.5 Å². The molecule has 2 rings (SSSR count). The summed E-state index contributed by atoms with van der Waals surface area (Å²) in [4.78, 5) is 23.2. The summed E-state index contributed by atoms with van der Waals surface area (Å²) in [6.45, 7) is 0. The molecule has 22 heavy (non-hydrogen) atoms. The molecular weight excluding hydrogens is 318 g/mol. The lowest BCUT2D eigenvalue weighted by molar-refractivity contribution is -0.122. The Morgan fingerprint density at radius 1 is 1.23 bits per heavy atom. The van der Waals surface area contributed by atoms with Gasteiger partial charge < -0.3 is 0 Å². The molecule has 1 aromatic carbocycles. The molecule has 2 N–H and O–H groups in total. The molecule has 0 aliphatic carbocycles. The fourth-order valence-electron chi connectivity index (χ4n) is 2.21. The first-order valence-electron chi connectivity index (χ1n) is 6.51. The van der Waals surface area contributed by atoms with Crippen molar-refractivity contribution in [3.63, 3.8) is 0 Å². The quantitative estimate of drug-likeness (QED) is 0.791. The predicted octanol–water partition coefficient (Wildman–Crippen LogP) is 0.551. The van der Waals surface area contributed by atoms with Gasteiger partial charge in [-0.2, -0.15) is 0 Å². The number of halogens is 2. The van der Waals surface area contributed by atoms with E-state index in [1.165, 1.54) is 0 Å². The third-order valence-electron chi connectivity index (χ3n) is 3.29. The van der Waals surface area contributed by atoms with E-state index in [2.05, 4.69) is 5.43 Å². The molecule has 9 heteroatoms. The molecule has 1 aliphatic heterocycles. The first-order valence-corrected chi connectivity index (χ1v) is 8.33. The van der Waals surface area contributed by atoms with E-state index in [0.29, 0.717) is 12.5 Å². The van der Waals surface area contributed by atoms with E-state index >= 15 is 0 Å². The van der Waals surface area contributed by atoms with E-state index in [1.54, 1.807) is 0 Å². The molecule has 0 saturated carbocycles. The maximum Gasteiger partial charge on any atom is 0.272 e. The molecule has 1 fully saturated rings. The Morgan fingerprint density at radius 2 is 1.95 bits per heavy atom. The summed E-state index contributed by atoms with van der Waals surface area (Å²) in [7, 11) is -3.08. The average Bonchev–Trinajstić information content (AvgIpc) is 2.75. The standard InChI is InChI=1S/C13H14F2N2O4S/c14-9-1-2-10(11(15)6-9)13(19)17-16-12(18)5-8-3-4-22(20,21)7-8/h1-2,6,8H,3-5,7H2,(H,16,18)(H,17,19)/t8-/m1/s1. The fraction of sp³-hybridized carbons (Fsp3) is 0.385. The Balaban J connectivity index is 1.84. The highest BCUT2D eigenvalue weighted by atomic mass is 32.2. The van der Waals surface area contributed by atoms with Crippen molar-refractivity contribution < 1.29 is 26.8 Å². The molecule has 6 nitrogen and oxygen atoms in total. The smallest absolute Gasteiger partial charge is 0.272 e. The number of carbonyl (C=O) groups is 2. The highest BCUT2D eigenvalue weighted by Crippen LogP contribution is 2.21. The minimum atomic E-state index is -3.08. The normalized spacial score (nSPS) is 19.6. The summed E-state index contributed by atoms with van der Waals surface area (Å²) in [5.74, 6) is -3.65. The first kappa shape index (κ1) is 16.3. The van der Waals surface area contributed by atoms with Crippen LogP contribution in [0.4, 0.5) is 8.78 Å². The number of rotatable bonds is 3. The van der Waals surface area contributed by atoms with Crippen LogP contribution in [0.2, 0.25) is 0 Å². The monoisotopic (exact) mass is 332 g/mol. The number of benzene rings is 1. The Hall–Kier alpha value is -2.03. The van der Waals surface area contributed by atoms with Crippen molar-refractivity contribution in [3.8, 4) is 0 Å². The van der Waals surface area contributed by atoms with Gasteiger partial charge in [-0.3, -0.25) is 20.4 Å². The molecule has 0 bridgehead atoms. The van der Waals surface area contributed by atoms with Crippen molar-refractivity contribution in [2.45, 2.75) is 12.8 Å². The zero-order valence-electron chi connectivity index (χ0n) is 11.4. The molecule has 120 valence electrons. The summed E-state index contributed by atoms with van der Waals surface area (Å²) in [6, 6.07) is 2.43. The van der Waals surface area contributed by atoms with E-state index in [9.17, 15) is 26.8 Å². The molecule has 1 heterocycles. The second-order valence-electron chi connectivity index (χ2n) is 5.10. The number of hydrogen-bond acceptors (Lipinski definition) is 4. The molecule has 0 unspecified atom stereocenters. The predicted molar refractivity (Wildman–Crippen MR) is 73.3 cm³/mol. The first-order chi connectivity index (χ1) is 10.3. The van der Waals surface area contributed by atoms with E-state index in [-0.39, 0.29) is 23.8 Å². The van der Waals surface area contributed by atoms with Crippen molar-refractivity contribution in [2.24, 2.45) is 5.92 Å². The molecule has 1 atom stereocenters. The minimum absolute atomic E-state index is 0.0502. The van der Waals surface area contributed by atoms with Gasteiger partial charge in [0, 0.05) is 12.5 Å². The second kappa shape index (κ2) is 6.39. The van der Waals surface area contributed by atoms with Crippen LogP contribution in [0, 0.1) is 17.6 Å². The van der Waals surface area contributed by atoms with E-state index < -0.39 is 38.8 Å². The van der Waals surface area contributed by atoms with Gasteiger partial charge in [0.05, 0.1) is 17.1 Å². The van der Waals surface area contributed by atoms with Crippen LogP contribution in [0.1, 0.15) is 23.2 Å². The zero-order valence-corrected chi connectivity index (χ0v) is 12.3. The van der Waals surface area contributed by atoms with Crippen molar-refractivity contribution in [1.29, 1.82) is 0 Å². The topological polar surface area (TPSA) is 92.3 Å². The summed E-state index contributed by atoms with van der Waals surface area (Å²) in [5.41, 5.74) is 3.67. The Morgan fingerprint density at radius 3 is 2.55 bits per heavy atom. The van der Waals surface area contributed by atoms with Gasteiger partial charge in [-0.25, -0.2) is 17.2 Å². The number of hydrazine groups is 1. The van der Waals surface area contributed by atoms with Gasteiger partial charge in [0.25, 0.3) is 5.91 Å². The van der Waals surface area contributed by atoms with E-state index in [0.717, 1.165) is 12.1 Å². The summed E-state index contributed by atoms with van der Waals surface area (Å²) < 4.78 is 48.6. The molecule has 0 radical (unpaired) electrons. The van der Waals surface area contributed by atoms with Crippen LogP contribution in [0.5, 0.6) is 0 Å². The minimum Gasteiger partial charge on any atom is -0.273 e. The van der Waals surface area contributed by atoms with Crippen LogP contribution in [0.15, 0.2) is 18.2 Å². The van der Waals surface area contributed by atoms with Crippen LogP contribution >= 0.6 is 0 Å². The molecule has 0 aromatic heterocycles. The third-order valence-corrected chi connectivity index (χ3v) is 5.13. The van der Waals surface area contributed by atoms with Crippen LogP contribution in [-0.2, 0) is 14.6 Å². The maximum absolute atomic E-state index is 13.4. The zero-order chi connectivity index (χ0) is 16.3. The Labute approximate surface area is 125 Å². The fourth-order valence-corrected chi connectivity index (χ4v) is 4.08. The second-order valence-corrected chi connectivity index (χ2v) is 7.33. The number of amides is 2. The van der Waals surface area contributed by atoms with Gasteiger partial charge in [0.2, 0.25) is 5.91 Å². The van der Waals surface area contributed by atoms with Crippen LogP contribution < -0.4 is 10.9 Å². The van der Waals surface area contributed by atoms with Gasteiger partial charge in [0.1, 0.15) is 11.6 Å². The van der Waals surface area contributed by atoms with Gasteiger partial charge in [-0.15, -0.1) is 0 Å². The van der Waals surface area contributed by atoms with Crippen molar-refractivity contribution in [1.82, 2.24) is 10.9 Å². The number of hydrogen-bond donors (Lipinski definition) is 2. The largest absolute Gasteiger partial charge is 0.273 e. The lowest BCUT2D eigenvalue weighted by atomic mass is 10.1. The average molecular weight is 332 g/mol. The number of sulfone groups is 1. The van der Waals surface area contributed by atoms with Crippen LogP contribution in [0.3, 0.4) is 0 Å². The van der Waals surface area contributed by atoms with Gasteiger partial charge in [0.15, 0.2) is 9.84 Å². The molecule has 2 amide bonds. The lowest BCUT2D eigenvalue weighted by Crippen LogP contribution is -2.42. The van der Waals surface area contributed by atoms with Crippen LogP contribution in [0.25, 0.3) is 0 Å². The molecule has 1 aromatic rings. The molecule has 1 aliphatic rings. The number of nitrogens with one attached hydrogen (secondary N) is 2. The summed E-state index contributed by atoms with van der Waals surface area (Å²) >= 11 is 0. The highest BCUT2D eigenvalue weighted by molar-refractivity contribution is 7.91. The molecular formula is C13H14F2N2O4S. The van der Waals surface area contributed by atoms with E-state index in [4.69, 9.17) is 0 Å². The molecule has 0 spiro atoms. The highest BCUT2D eigenvalue weighted by Gasteiger charge is 2.29. The third kappa shape index (κ3) is 4.23.